The van der Waals surface area contributed by atoms with Crippen LogP contribution in [-0.2, 0) is 4.79 Å². The van der Waals surface area contributed by atoms with E-state index >= 15 is 0 Å². The first-order valence-electron chi connectivity index (χ1n) is 7.00. The van der Waals surface area contributed by atoms with Gasteiger partial charge in [-0.3, -0.25) is 4.79 Å². The van der Waals surface area contributed by atoms with Gasteiger partial charge in [-0.1, -0.05) is 37.3 Å². The number of hydrogen-bond donors (Lipinski definition) is 2. The standard InChI is InChI=1S/C15H21ClN2O/c16-12-7-8-13(17)14(10-12)18-15(19)9-11-5-3-1-2-4-6-11/h7-8,10-11H,1-6,9,17H2,(H,18,19). The third kappa shape index (κ3) is 4.43. The monoisotopic (exact) mass is 280 g/mol. The number of rotatable bonds is 3. The average molecular weight is 281 g/mol. The van der Waals surface area contributed by atoms with Gasteiger partial charge in [0.1, 0.15) is 0 Å². The highest BCUT2D eigenvalue weighted by Crippen LogP contribution is 2.27. The summed E-state index contributed by atoms with van der Waals surface area (Å²) in [5, 5.41) is 3.45. The summed E-state index contributed by atoms with van der Waals surface area (Å²) in [6, 6.07) is 5.13. The van der Waals surface area contributed by atoms with E-state index in [4.69, 9.17) is 17.3 Å². The van der Waals surface area contributed by atoms with Gasteiger partial charge in [0.2, 0.25) is 5.91 Å². The molecular weight excluding hydrogens is 260 g/mol. The molecule has 104 valence electrons. The van der Waals surface area contributed by atoms with Crippen molar-refractivity contribution in [3.05, 3.63) is 23.2 Å². The van der Waals surface area contributed by atoms with Crippen molar-refractivity contribution in [2.24, 2.45) is 5.92 Å². The molecule has 0 atom stereocenters. The van der Waals surface area contributed by atoms with Gasteiger partial charge in [0.25, 0.3) is 0 Å². The second-order valence-corrected chi connectivity index (χ2v) is 5.78. The van der Waals surface area contributed by atoms with Crippen LogP contribution in [0.4, 0.5) is 11.4 Å². The number of halogens is 1. The van der Waals surface area contributed by atoms with Crippen molar-refractivity contribution >= 4 is 28.9 Å². The normalized spacial score (nSPS) is 16.9. The van der Waals surface area contributed by atoms with Crippen LogP contribution in [0.5, 0.6) is 0 Å². The van der Waals surface area contributed by atoms with Crippen molar-refractivity contribution in [2.45, 2.75) is 44.9 Å². The van der Waals surface area contributed by atoms with Gasteiger partial charge in [0.15, 0.2) is 0 Å². The first kappa shape index (κ1) is 14.2. The molecule has 0 saturated heterocycles. The number of nitrogens with two attached hydrogens (primary N) is 1. The van der Waals surface area contributed by atoms with Crippen molar-refractivity contribution in [3.8, 4) is 0 Å². The van der Waals surface area contributed by atoms with Crippen molar-refractivity contribution < 1.29 is 4.79 Å². The van der Waals surface area contributed by atoms with Crippen LogP contribution < -0.4 is 11.1 Å². The summed E-state index contributed by atoms with van der Waals surface area (Å²) in [7, 11) is 0. The molecule has 0 bridgehead atoms. The molecule has 1 amide bonds. The third-order valence-electron chi connectivity index (χ3n) is 3.74. The van der Waals surface area contributed by atoms with E-state index in [1.54, 1.807) is 18.2 Å². The Balaban J connectivity index is 1.91. The molecule has 1 fully saturated rings. The summed E-state index contributed by atoms with van der Waals surface area (Å²) in [6.07, 6.45) is 8.02. The van der Waals surface area contributed by atoms with E-state index in [-0.39, 0.29) is 5.91 Å². The number of anilines is 2. The SMILES string of the molecule is Nc1ccc(Cl)cc1NC(=O)CC1CCCCCC1. The van der Waals surface area contributed by atoms with Crippen LogP contribution in [0.2, 0.25) is 5.02 Å². The molecule has 3 N–H and O–H groups in total. The highest BCUT2D eigenvalue weighted by atomic mass is 35.5. The zero-order valence-electron chi connectivity index (χ0n) is 11.1. The predicted molar refractivity (Wildman–Crippen MR) is 80.3 cm³/mol. The van der Waals surface area contributed by atoms with E-state index in [1.165, 1.54) is 38.5 Å². The molecular formula is C15H21ClN2O. The fourth-order valence-electron chi connectivity index (χ4n) is 2.67. The molecule has 1 aliphatic carbocycles. The number of nitrogen functional groups attached to an aromatic ring is 1. The topological polar surface area (TPSA) is 55.1 Å². The first-order valence-corrected chi connectivity index (χ1v) is 7.38. The average Bonchev–Trinajstić information content (AvgIpc) is 2.62. The molecule has 0 spiro atoms. The minimum absolute atomic E-state index is 0.0425. The van der Waals surface area contributed by atoms with Gasteiger partial charge in [0, 0.05) is 11.4 Å². The maximum absolute atomic E-state index is 12.0. The summed E-state index contributed by atoms with van der Waals surface area (Å²) in [5.74, 6) is 0.559. The lowest BCUT2D eigenvalue weighted by atomic mass is 9.96. The van der Waals surface area contributed by atoms with Gasteiger partial charge in [0.05, 0.1) is 11.4 Å². The van der Waals surface area contributed by atoms with Crippen LogP contribution in [0.1, 0.15) is 44.9 Å². The number of hydrogen-bond acceptors (Lipinski definition) is 2. The lowest BCUT2D eigenvalue weighted by Crippen LogP contribution is -2.17. The fraction of sp³-hybridized carbons (Fsp3) is 0.533. The minimum Gasteiger partial charge on any atom is -0.397 e. The molecule has 1 aromatic rings. The largest absolute Gasteiger partial charge is 0.397 e. The molecule has 3 nitrogen and oxygen atoms in total. The molecule has 0 aliphatic heterocycles. The van der Waals surface area contributed by atoms with Crippen molar-refractivity contribution in [2.75, 3.05) is 11.1 Å². The van der Waals surface area contributed by atoms with Crippen LogP contribution in [0.25, 0.3) is 0 Å². The first-order chi connectivity index (χ1) is 9.15. The highest BCUT2D eigenvalue weighted by Gasteiger charge is 2.16. The number of benzene rings is 1. The maximum Gasteiger partial charge on any atom is 0.224 e. The predicted octanol–water partition coefficient (Wildman–Crippen LogP) is 4.22. The van der Waals surface area contributed by atoms with Gasteiger partial charge >= 0.3 is 0 Å². The summed E-state index contributed by atoms with van der Waals surface area (Å²) >= 11 is 5.91. The van der Waals surface area contributed by atoms with Crippen LogP contribution in [0.15, 0.2) is 18.2 Å². The van der Waals surface area contributed by atoms with E-state index in [9.17, 15) is 4.79 Å². The second-order valence-electron chi connectivity index (χ2n) is 5.34. The molecule has 2 rings (SSSR count). The zero-order valence-corrected chi connectivity index (χ0v) is 11.9. The van der Waals surface area contributed by atoms with Gasteiger partial charge in [-0.25, -0.2) is 0 Å². The summed E-state index contributed by atoms with van der Waals surface area (Å²) in [4.78, 5) is 12.0. The van der Waals surface area contributed by atoms with E-state index in [0.717, 1.165) is 0 Å². The van der Waals surface area contributed by atoms with E-state index in [1.807, 2.05) is 0 Å². The van der Waals surface area contributed by atoms with Crippen LogP contribution >= 0.6 is 11.6 Å². The Hall–Kier alpha value is -1.22. The maximum atomic E-state index is 12.0. The Kier molecular flexibility index (Phi) is 5.08. The quantitative estimate of drug-likeness (QED) is 0.643. The smallest absolute Gasteiger partial charge is 0.224 e. The Bertz CT molecular complexity index is 440. The van der Waals surface area contributed by atoms with Gasteiger partial charge in [-0.05, 0) is 37.0 Å². The van der Waals surface area contributed by atoms with Crippen molar-refractivity contribution in [1.82, 2.24) is 0 Å². The Labute approximate surface area is 119 Å². The summed E-state index contributed by atoms with van der Waals surface area (Å²) < 4.78 is 0. The van der Waals surface area contributed by atoms with Gasteiger partial charge in [-0.2, -0.15) is 0 Å². The molecule has 0 heterocycles. The molecule has 0 aromatic heterocycles. The summed E-state index contributed by atoms with van der Waals surface area (Å²) in [5.41, 5.74) is 6.99. The molecule has 4 heteroatoms. The van der Waals surface area contributed by atoms with Crippen molar-refractivity contribution in [3.63, 3.8) is 0 Å². The number of nitrogens with one attached hydrogen (secondary N) is 1. The van der Waals surface area contributed by atoms with Gasteiger partial charge in [-0.15, -0.1) is 0 Å². The molecule has 1 aromatic carbocycles. The minimum atomic E-state index is 0.0425. The molecule has 0 unspecified atom stereocenters. The Morgan fingerprint density at radius 3 is 2.63 bits per heavy atom. The van der Waals surface area contributed by atoms with Crippen LogP contribution in [-0.4, -0.2) is 5.91 Å². The lowest BCUT2D eigenvalue weighted by molar-refractivity contribution is -0.117. The fourth-order valence-corrected chi connectivity index (χ4v) is 2.84. The molecule has 19 heavy (non-hydrogen) atoms. The van der Waals surface area contributed by atoms with E-state index in [2.05, 4.69) is 5.32 Å². The highest BCUT2D eigenvalue weighted by molar-refractivity contribution is 6.31. The van der Waals surface area contributed by atoms with Crippen LogP contribution in [0.3, 0.4) is 0 Å². The zero-order chi connectivity index (χ0) is 13.7. The van der Waals surface area contributed by atoms with Crippen LogP contribution in [0, 0.1) is 5.92 Å². The van der Waals surface area contributed by atoms with E-state index < -0.39 is 0 Å². The van der Waals surface area contributed by atoms with Gasteiger partial charge < -0.3 is 11.1 Å². The second kappa shape index (κ2) is 6.80. The van der Waals surface area contributed by atoms with E-state index in [0.29, 0.717) is 28.7 Å². The summed E-state index contributed by atoms with van der Waals surface area (Å²) in [6.45, 7) is 0. The third-order valence-corrected chi connectivity index (χ3v) is 3.97. The Morgan fingerprint density at radius 2 is 1.95 bits per heavy atom. The molecule has 0 radical (unpaired) electrons. The van der Waals surface area contributed by atoms with Crippen molar-refractivity contribution in [1.29, 1.82) is 0 Å². The Morgan fingerprint density at radius 1 is 1.26 bits per heavy atom. The lowest BCUT2D eigenvalue weighted by Gasteiger charge is -2.14. The number of amides is 1. The molecule has 1 saturated carbocycles. The molecule has 1 aliphatic rings. The number of carbonyl (C=O) groups excluding carboxylic acids is 1. The number of carbonyl (C=O) groups is 1.